The monoisotopic (exact) mass is 631 g/mol. The van der Waals surface area contributed by atoms with Crippen molar-refractivity contribution in [2.45, 2.75) is 105 Å². The molecule has 3 aliphatic rings. The van der Waals surface area contributed by atoms with E-state index in [4.69, 9.17) is 39.9 Å². The van der Waals surface area contributed by atoms with Crippen molar-refractivity contribution in [3.05, 3.63) is 35.9 Å². The molecule has 44 heavy (non-hydrogen) atoms. The molecule has 0 bridgehead atoms. The molecular weight excluding hydrogens is 586 g/mol. The zero-order chi connectivity index (χ0) is 32.0. The number of rotatable bonds is 12. The number of nitrogens with zero attached hydrogens (tertiary/aromatic N) is 1. The number of aliphatic imine (C=N–C) groups is 1. The Hall–Kier alpha value is -1.71. The summed E-state index contributed by atoms with van der Waals surface area (Å²) in [6.45, 7) is 0.252. The van der Waals surface area contributed by atoms with Gasteiger partial charge in [0.25, 0.3) is 0 Å². The quantitative estimate of drug-likeness (QED) is 0.0994. The number of hydrogen-bond acceptors (Lipinski definition) is 16. The standard InChI is InChI=1S/C28H45N3O13/c1-2-8-39-25-18(30)26(38)40-16(12-34)24(25)44-28-19(31-9-13-6-4-3-5-7-13)22(37)23(15(11-33)42-28)43-27-17(29)21(36)20(35)14(10-32)41-27/h3-7,9,14-28,32-38H,2,8,10-12,29-30H2,1H3/t14-,15-,16-,17-,18-,19-,20-,21-,22-,23?,24?,25-,26-,27+,28+/m1/s1. The van der Waals surface area contributed by atoms with E-state index in [2.05, 4.69) is 4.99 Å². The van der Waals surface area contributed by atoms with Crippen molar-refractivity contribution in [3.63, 3.8) is 0 Å². The lowest BCUT2D eigenvalue weighted by Crippen LogP contribution is -2.68. The third kappa shape index (κ3) is 7.80. The van der Waals surface area contributed by atoms with Gasteiger partial charge in [0.15, 0.2) is 18.9 Å². The average Bonchev–Trinajstić information content (AvgIpc) is 3.03. The summed E-state index contributed by atoms with van der Waals surface area (Å²) in [6, 6.07) is 5.42. The summed E-state index contributed by atoms with van der Waals surface area (Å²) in [4.78, 5) is 4.53. The van der Waals surface area contributed by atoms with E-state index in [0.717, 1.165) is 0 Å². The highest BCUT2D eigenvalue weighted by molar-refractivity contribution is 5.79. The molecule has 4 rings (SSSR count). The van der Waals surface area contributed by atoms with Gasteiger partial charge in [-0.2, -0.15) is 0 Å². The van der Waals surface area contributed by atoms with Crippen LogP contribution in [0.2, 0.25) is 0 Å². The van der Waals surface area contributed by atoms with Crippen LogP contribution in [0.5, 0.6) is 0 Å². The van der Waals surface area contributed by atoms with E-state index in [1.54, 1.807) is 24.3 Å². The van der Waals surface area contributed by atoms with E-state index in [-0.39, 0.29) is 6.61 Å². The number of nitrogens with two attached hydrogens (primary N) is 2. The van der Waals surface area contributed by atoms with Gasteiger partial charge in [-0.3, -0.25) is 4.99 Å². The second-order valence-electron chi connectivity index (χ2n) is 11.0. The van der Waals surface area contributed by atoms with Crippen LogP contribution < -0.4 is 11.5 Å². The molecule has 11 N–H and O–H groups in total. The van der Waals surface area contributed by atoms with Gasteiger partial charge in [0.05, 0.1) is 31.9 Å². The molecule has 2 unspecified atom stereocenters. The summed E-state index contributed by atoms with van der Waals surface area (Å²) >= 11 is 0. The SMILES string of the molecule is CCCO[C@H]1C(O[C@@H]2O[C@H](CO)C(O[C@@H]3O[C@H](CO)[C@@H](O)[C@H](O)[C@H]3N)[C@H](O)[C@H]2N=Cc2ccccc2)[C@@H](CO)O[C@@H](O)[C@@H]1N. The van der Waals surface area contributed by atoms with E-state index in [1.165, 1.54) is 6.21 Å². The highest BCUT2D eigenvalue weighted by atomic mass is 16.7. The fourth-order valence-electron chi connectivity index (χ4n) is 5.45. The highest BCUT2D eigenvalue weighted by Crippen LogP contribution is 2.33. The Labute approximate surface area is 254 Å². The summed E-state index contributed by atoms with van der Waals surface area (Å²) in [5.74, 6) is 0. The highest BCUT2D eigenvalue weighted by Gasteiger charge is 2.53. The maximum atomic E-state index is 11.6. The van der Waals surface area contributed by atoms with Crippen LogP contribution in [-0.2, 0) is 28.4 Å². The number of aliphatic hydroxyl groups is 7. The van der Waals surface area contributed by atoms with E-state index in [0.29, 0.717) is 12.0 Å². The van der Waals surface area contributed by atoms with Gasteiger partial charge in [-0.1, -0.05) is 37.3 Å². The lowest BCUT2D eigenvalue weighted by atomic mass is 9.94. The molecule has 0 aromatic heterocycles. The molecule has 250 valence electrons. The van der Waals surface area contributed by atoms with Crippen molar-refractivity contribution < 1.29 is 64.2 Å². The second kappa shape index (κ2) is 16.2. The molecule has 0 radical (unpaired) electrons. The van der Waals surface area contributed by atoms with Gasteiger partial charge in [0.1, 0.15) is 61.0 Å². The maximum Gasteiger partial charge on any atom is 0.183 e. The summed E-state index contributed by atoms with van der Waals surface area (Å²) in [6.07, 6.45) is -13.6. The molecule has 0 aliphatic carbocycles. The van der Waals surface area contributed by atoms with Crippen molar-refractivity contribution in [2.24, 2.45) is 16.5 Å². The van der Waals surface area contributed by atoms with Gasteiger partial charge < -0.3 is 75.6 Å². The minimum Gasteiger partial charge on any atom is -0.394 e. The number of ether oxygens (including phenoxy) is 6. The number of benzene rings is 1. The van der Waals surface area contributed by atoms with Crippen LogP contribution in [0.4, 0.5) is 0 Å². The minimum atomic E-state index is -1.54. The Balaban J connectivity index is 1.64. The van der Waals surface area contributed by atoms with Crippen molar-refractivity contribution in [3.8, 4) is 0 Å². The first kappa shape index (κ1) is 35.1. The van der Waals surface area contributed by atoms with Gasteiger partial charge in [0, 0.05) is 12.8 Å². The molecule has 0 amide bonds. The van der Waals surface area contributed by atoms with Crippen molar-refractivity contribution >= 4 is 6.21 Å². The summed E-state index contributed by atoms with van der Waals surface area (Å²) in [5, 5.41) is 72.5. The Morgan fingerprint density at radius 3 is 2.00 bits per heavy atom. The molecule has 3 aliphatic heterocycles. The third-order valence-corrected chi connectivity index (χ3v) is 7.93. The van der Waals surface area contributed by atoms with Crippen molar-refractivity contribution in [1.29, 1.82) is 0 Å². The Morgan fingerprint density at radius 2 is 1.36 bits per heavy atom. The summed E-state index contributed by atoms with van der Waals surface area (Å²) in [7, 11) is 0. The normalized spacial score (nSPS) is 43.4. The second-order valence-corrected chi connectivity index (χ2v) is 11.0. The molecule has 16 heteroatoms. The Kier molecular flexibility index (Phi) is 13.0. The van der Waals surface area contributed by atoms with Gasteiger partial charge >= 0.3 is 0 Å². The summed E-state index contributed by atoms with van der Waals surface area (Å²) < 4.78 is 35.2. The zero-order valence-electron chi connectivity index (χ0n) is 24.3. The van der Waals surface area contributed by atoms with E-state index in [9.17, 15) is 35.7 Å². The van der Waals surface area contributed by atoms with Crippen LogP contribution >= 0.6 is 0 Å². The van der Waals surface area contributed by atoms with Crippen LogP contribution in [0.15, 0.2) is 35.3 Å². The predicted molar refractivity (Wildman–Crippen MR) is 151 cm³/mol. The van der Waals surface area contributed by atoms with E-state index >= 15 is 0 Å². The van der Waals surface area contributed by atoms with Crippen molar-refractivity contribution in [2.75, 3.05) is 26.4 Å². The number of hydrogen-bond donors (Lipinski definition) is 9. The van der Waals surface area contributed by atoms with E-state index < -0.39 is 112 Å². The summed E-state index contributed by atoms with van der Waals surface area (Å²) in [5.41, 5.74) is 12.9. The van der Waals surface area contributed by atoms with Crippen LogP contribution in [0.1, 0.15) is 18.9 Å². The first-order valence-electron chi connectivity index (χ1n) is 14.7. The zero-order valence-corrected chi connectivity index (χ0v) is 24.3. The van der Waals surface area contributed by atoms with Gasteiger partial charge in [0.2, 0.25) is 0 Å². The van der Waals surface area contributed by atoms with Crippen LogP contribution in [-0.4, -0.2) is 160 Å². The molecule has 3 heterocycles. The van der Waals surface area contributed by atoms with Gasteiger partial charge in [-0.15, -0.1) is 0 Å². The number of aliphatic hydroxyl groups excluding tert-OH is 7. The molecule has 0 saturated carbocycles. The maximum absolute atomic E-state index is 11.6. The molecule has 3 saturated heterocycles. The molecule has 0 spiro atoms. The molecular formula is C28H45N3O13. The van der Waals surface area contributed by atoms with Gasteiger partial charge in [-0.25, -0.2) is 0 Å². The topological polar surface area (TPSA) is 261 Å². The lowest BCUT2D eigenvalue weighted by molar-refractivity contribution is -0.349. The Morgan fingerprint density at radius 1 is 0.750 bits per heavy atom. The third-order valence-electron chi connectivity index (χ3n) is 7.93. The molecule has 1 aromatic rings. The lowest BCUT2D eigenvalue weighted by Gasteiger charge is -2.49. The molecule has 1 aromatic carbocycles. The first-order valence-corrected chi connectivity index (χ1v) is 14.7. The molecule has 16 nitrogen and oxygen atoms in total. The first-order chi connectivity index (χ1) is 21.1. The smallest absolute Gasteiger partial charge is 0.183 e. The van der Waals surface area contributed by atoms with Crippen molar-refractivity contribution in [1.82, 2.24) is 0 Å². The van der Waals surface area contributed by atoms with Crippen LogP contribution in [0.3, 0.4) is 0 Å². The molecule has 3 fully saturated rings. The fraction of sp³-hybridized carbons (Fsp3) is 0.750. The van der Waals surface area contributed by atoms with Crippen LogP contribution in [0.25, 0.3) is 0 Å². The molecule has 15 atom stereocenters. The van der Waals surface area contributed by atoms with Crippen LogP contribution in [0, 0.1) is 0 Å². The van der Waals surface area contributed by atoms with E-state index in [1.807, 2.05) is 13.0 Å². The average molecular weight is 632 g/mol. The van der Waals surface area contributed by atoms with Gasteiger partial charge in [-0.05, 0) is 12.0 Å². The fourth-order valence-corrected chi connectivity index (χ4v) is 5.45. The largest absolute Gasteiger partial charge is 0.394 e. The minimum absolute atomic E-state index is 0.263. The Bertz CT molecular complexity index is 1030. The predicted octanol–water partition coefficient (Wildman–Crippen LogP) is -4.08.